The van der Waals surface area contributed by atoms with Gasteiger partial charge in [0.2, 0.25) is 11.8 Å². The number of thiophene rings is 1. The molecule has 0 aliphatic carbocycles. The van der Waals surface area contributed by atoms with Crippen LogP contribution in [0.4, 0.5) is 11.4 Å². The Kier molecular flexibility index (Phi) is 3.81. The third-order valence-corrected chi connectivity index (χ3v) is 7.00. The zero-order chi connectivity index (χ0) is 20.3. The molecule has 1 spiro atoms. The number of carboxylic acid groups (broad SMARTS) is 1. The van der Waals surface area contributed by atoms with E-state index >= 15 is 0 Å². The summed E-state index contributed by atoms with van der Waals surface area (Å²) in [6.45, 7) is 0. The van der Waals surface area contributed by atoms with Gasteiger partial charge in [0.25, 0.3) is 0 Å². The van der Waals surface area contributed by atoms with Crippen molar-refractivity contribution in [2.45, 2.75) is 11.8 Å². The van der Waals surface area contributed by atoms with Crippen LogP contribution in [0, 0.1) is 0 Å². The molecule has 3 heterocycles. The fourth-order valence-corrected chi connectivity index (χ4v) is 5.68. The molecular formula is C21H13ClN2O4S. The molecule has 0 saturated heterocycles. The van der Waals surface area contributed by atoms with Gasteiger partial charge in [0.15, 0.2) is 0 Å². The molecule has 0 unspecified atom stereocenters. The number of hydrogen-bond donors (Lipinski definition) is 3. The Balaban J connectivity index is 1.87. The number of fused-ring (bicyclic) bond motifs is 4. The maximum Gasteiger partial charge on any atom is 0.346 e. The van der Waals surface area contributed by atoms with Crippen LogP contribution in [0.2, 0.25) is 5.02 Å². The third kappa shape index (κ3) is 2.38. The number of carbonyl (C=O) groups excluding carboxylic acids is 2. The molecule has 2 aliphatic heterocycles. The number of benzene rings is 2. The number of hydrogen-bond acceptors (Lipinski definition) is 4. The summed E-state index contributed by atoms with van der Waals surface area (Å²) < 4.78 is 0. The molecule has 3 N–H and O–H groups in total. The summed E-state index contributed by atoms with van der Waals surface area (Å²) in [5.41, 5.74) is 1.19. The number of rotatable bonds is 2. The minimum absolute atomic E-state index is 0.0750. The van der Waals surface area contributed by atoms with E-state index < -0.39 is 11.4 Å². The molecule has 29 heavy (non-hydrogen) atoms. The molecule has 2 aromatic carbocycles. The normalized spacial score (nSPS) is 19.5. The van der Waals surface area contributed by atoms with Gasteiger partial charge in [-0.2, -0.15) is 0 Å². The molecular weight excluding hydrogens is 412 g/mol. The van der Waals surface area contributed by atoms with Crippen molar-refractivity contribution in [1.82, 2.24) is 0 Å². The Morgan fingerprint density at radius 1 is 1.03 bits per heavy atom. The van der Waals surface area contributed by atoms with E-state index in [0.29, 0.717) is 38.0 Å². The summed E-state index contributed by atoms with van der Waals surface area (Å²) in [5.74, 6) is -1.85. The van der Waals surface area contributed by atoms with Gasteiger partial charge in [0.05, 0.1) is 27.7 Å². The van der Waals surface area contributed by atoms with Gasteiger partial charge in [-0.3, -0.25) is 9.59 Å². The first kappa shape index (κ1) is 17.9. The van der Waals surface area contributed by atoms with Gasteiger partial charge in [-0.15, -0.1) is 11.3 Å². The second-order valence-electron chi connectivity index (χ2n) is 6.93. The highest BCUT2D eigenvalue weighted by atomic mass is 35.5. The molecule has 0 saturated carbocycles. The maximum atomic E-state index is 13.2. The minimum Gasteiger partial charge on any atom is -0.477 e. The Labute approximate surface area is 174 Å². The lowest BCUT2D eigenvalue weighted by molar-refractivity contribution is -0.125. The van der Waals surface area contributed by atoms with Crippen LogP contribution in [0.1, 0.15) is 26.5 Å². The monoisotopic (exact) mass is 424 g/mol. The Morgan fingerprint density at radius 2 is 1.79 bits per heavy atom. The summed E-state index contributed by atoms with van der Waals surface area (Å²) in [6.07, 6.45) is -0.118. The minimum atomic E-state index is -1.31. The fraction of sp³-hybridized carbons (Fsp3) is 0.0952. The Hall–Kier alpha value is -3.16. The molecule has 0 fully saturated rings. The van der Waals surface area contributed by atoms with Crippen LogP contribution in [0.15, 0.2) is 48.5 Å². The Bertz CT molecular complexity index is 1220. The largest absolute Gasteiger partial charge is 0.477 e. The quantitative estimate of drug-likeness (QED) is 0.570. The predicted octanol–water partition coefficient (Wildman–Crippen LogP) is 4.35. The maximum absolute atomic E-state index is 13.2. The van der Waals surface area contributed by atoms with Crippen molar-refractivity contribution in [2.75, 3.05) is 10.6 Å². The number of aromatic carboxylic acids is 1. The topological polar surface area (TPSA) is 95.5 Å². The number of carbonyl (C=O) groups is 3. The van der Waals surface area contributed by atoms with Gasteiger partial charge < -0.3 is 15.7 Å². The summed E-state index contributed by atoms with van der Waals surface area (Å²) in [4.78, 5) is 38.6. The molecule has 0 radical (unpaired) electrons. The highest BCUT2D eigenvalue weighted by Gasteiger charge is 2.55. The zero-order valence-electron chi connectivity index (χ0n) is 14.8. The van der Waals surface area contributed by atoms with E-state index in [1.807, 2.05) is 6.07 Å². The number of anilines is 2. The highest BCUT2D eigenvalue weighted by Crippen LogP contribution is 2.57. The van der Waals surface area contributed by atoms with Gasteiger partial charge in [-0.05, 0) is 17.2 Å². The number of amides is 2. The van der Waals surface area contributed by atoms with Crippen LogP contribution in [-0.4, -0.2) is 22.9 Å². The second kappa shape index (κ2) is 6.17. The molecule has 6 nitrogen and oxygen atoms in total. The van der Waals surface area contributed by atoms with E-state index in [2.05, 4.69) is 10.6 Å². The molecule has 2 amide bonds. The lowest BCUT2D eigenvalue weighted by Crippen LogP contribution is -2.42. The number of nitrogens with one attached hydrogen (secondary N) is 2. The summed E-state index contributed by atoms with van der Waals surface area (Å²) in [6, 6.07) is 14.1. The van der Waals surface area contributed by atoms with Crippen molar-refractivity contribution in [3.63, 3.8) is 0 Å². The van der Waals surface area contributed by atoms with E-state index in [1.54, 1.807) is 42.5 Å². The fourth-order valence-electron chi connectivity index (χ4n) is 4.14. The van der Waals surface area contributed by atoms with Crippen molar-refractivity contribution in [3.05, 3.63) is 68.9 Å². The molecule has 1 atom stereocenters. The lowest BCUT2D eigenvalue weighted by Gasteiger charge is -2.31. The van der Waals surface area contributed by atoms with Crippen LogP contribution in [-0.2, 0) is 15.0 Å². The number of halogens is 1. The van der Waals surface area contributed by atoms with E-state index in [1.165, 1.54) is 0 Å². The van der Waals surface area contributed by atoms with E-state index in [4.69, 9.17) is 11.6 Å². The van der Waals surface area contributed by atoms with Gasteiger partial charge in [-0.1, -0.05) is 54.1 Å². The van der Waals surface area contributed by atoms with Crippen LogP contribution < -0.4 is 10.6 Å². The molecule has 1 aromatic heterocycles. The van der Waals surface area contributed by atoms with E-state index in [0.717, 1.165) is 11.3 Å². The van der Waals surface area contributed by atoms with Crippen molar-refractivity contribution in [1.29, 1.82) is 0 Å². The van der Waals surface area contributed by atoms with Crippen LogP contribution in [0.5, 0.6) is 0 Å². The van der Waals surface area contributed by atoms with Crippen LogP contribution in [0.3, 0.4) is 0 Å². The third-order valence-electron chi connectivity index (χ3n) is 5.34. The predicted molar refractivity (Wildman–Crippen MR) is 111 cm³/mol. The van der Waals surface area contributed by atoms with Gasteiger partial charge >= 0.3 is 5.97 Å². The number of carboxylic acids is 1. The molecule has 2 aliphatic rings. The lowest BCUT2D eigenvalue weighted by atomic mass is 9.74. The molecule has 0 bridgehead atoms. The first-order valence-corrected chi connectivity index (χ1v) is 9.99. The molecule has 144 valence electrons. The molecule has 8 heteroatoms. The standard InChI is InChI=1S/C21H13ClN2O4S/c22-12-8-4-7-11-15(12)24-20(28)21(11)9-13(25)23-16-14(10-5-2-1-3-6-10)17(19(26)27)29-18(16)21/h1-8H,9H2,(H,23,25)(H,24,28)(H,26,27)/t21-/m1/s1. The Morgan fingerprint density at radius 3 is 2.52 bits per heavy atom. The highest BCUT2D eigenvalue weighted by molar-refractivity contribution is 7.15. The molecule has 3 aromatic rings. The second-order valence-corrected chi connectivity index (χ2v) is 8.36. The van der Waals surface area contributed by atoms with Crippen molar-refractivity contribution < 1.29 is 19.5 Å². The zero-order valence-corrected chi connectivity index (χ0v) is 16.4. The smallest absolute Gasteiger partial charge is 0.346 e. The summed E-state index contributed by atoms with van der Waals surface area (Å²) in [7, 11) is 0. The van der Waals surface area contributed by atoms with Gasteiger partial charge in [-0.25, -0.2) is 4.79 Å². The van der Waals surface area contributed by atoms with Crippen LogP contribution in [0.25, 0.3) is 11.1 Å². The van der Waals surface area contributed by atoms with Gasteiger partial charge in [0.1, 0.15) is 10.3 Å². The SMILES string of the molecule is O=C1C[C@]2(C(=O)Nc3c(Cl)cccc32)c2sc(C(=O)O)c(-c3ccccc3)c2N1. The number of para-hydroxylation sites is 1. The molecule has 5 rings (SSSR count). The van der Waals surface area contributed by atoms with Gasteiger partial charge in [0, 0.05) is 5.56 Å². The van der Waals surface area contributed by atoms with Crippen molar-refractivity contribution in [2.24, 2.45) is 0 Å². The van der Waals surface area contributed by atoms with E-state index in [-0.39, 0.29) is 23.1 Å². The van der Waals surface area contributed by atoms with Crippen molar-refractivity contribution >= 4 is 52.1 Å². The first-order chi connectivity index (χ1) is 13.9. The van der Waals surface area contributed by atoms with Crippen LogP contribution >= 0.6 is 22.9 Å². The average molecular weight is 425 g/mol. The van der Waals surface area contributed by atoms with E-state index in [9.17, 15) is 19.5 Å². The first-order valence-electron chi connectivity index (χ1n) is 8.80. The summed E-state index contributed by atoms with van der Waals surface area (Å²) in [5, 5.41) is 15.8. The van der Waals surface area contributed by atoms with Crippen molar-refractivity contribution in [3.8, 4) is 11.1 Å². The average Bonchev–Trinajstić information content (AvgIpc) is 3.21. The summed E-state index contributed by atoms with van der Waals surface area (Å²) >= 11 is 7.30.